The minimum atomic E-state index is 1.02. The number of anilines is 1. The molecule has 3 aromatic rings. The molecule has 0 amide bonds. The van der Waals surface area contributed by atoms with Crippen molar-refractivity contribution in [3.8, 4) is 0 Å². The monoisotopic (exact) mass is 318 g/mol. The highest BCUT2D eigenvalue weighted by Gasteiger charge is 2.25. The lowest BCUT2D eigenvalue weighted by Crippen LogP contribution is -2.31. The highest BCUT2D eigenvalue weighted by Crippen LogP contribution is 2.41. The van der Waals surface area contributed by atoms with Crippen LogP contribution in [0, 0.1) is 0 Å². The average molecular weight is 318 g/mol. The van der Waals surface area contributed by atoms with Crippen LogP contribution in [0.25, 0.3) is 10.9 Å². The summed E-state index contributed by atoms with van der Waals surface area (Å²) in [5.74, 6) is 2.15. The van der Waals surface area contributed by atoms with Crippen LogP contribution >= 0.6 is 11.8 Å². The van der Waals surface area contributed by atoms with Gasteiger partial charge in [-0.3, -0.25) is 4.98 Å². The number of para-hydroxylation sites is 1. The van der Waals surface area contributed by atoms with Gasteiger partial charge in [0.1, 0.15) is 0 Å². The molecule has 0 spiro atoms. The molecule has 3 heterocycles. The first-order chi connectivity index (χ1) is 11.4. The normalized spacial score (nSPS) is 16.4. The molecule has 0 fully saturated rings. The van der Waals surface area contributed by atoms with Gasteiger partial charge in [-0.15, -0.1) is 0 Å². The predicted octanol–water partition coefficient (Wildman–Crippen LogP) is 4.54. The van der Waals surface area contributed by atoms with Crippen LogP contribution in [0.1, 0.15) is 22.4 Å². The van der Waals surface area contributed by atoms with Gasteiger partial charge in [0.25, 0.3) is 0 Å². The van der Waals surface area contributed by atoms with E-state index >= 15 is 0 Å². The van der Waals surface area contributed by atoms with E-state index in [1.165, 1.54) is 33.5 Å². The second-order valence-corrected chi connectivity index (χ2v) is 7.32. The lowest BCUT2D eigenvalue weighted by molar-refractivity contribution is 0.731. The predicted molar refractivity (Wildman–Crippen MR) is 97.9 cm³/mol. The summed E-state index contributed by atoms with van der Waals surface area (Å²) in [6, 6.07) is 17.5. The third-order valence-electron chi connectivity index (χ3n) is 4.98. The first-order valence-electron chi connectivity index (χ1n) is 8.20. The van der Waals surface area contributed by atoms with Crippen molar-refractivity contribution < 1.29 is 0 Å². The van der Waals surface area contributed by atoms with E-state index in [1.807, 2.05) is 11.8 Å². The highest BCUT2D eigenvalue weighted by molar-refractivity contribution is 7.98. The van der Waals surface area contributed by atoms with Crippen molar-refractivity contribution in [1.82, 2.24) is 4.98 Å². The van der Waals surface area contributed by atoms with Gasteiger partial charge in [0, 0.05) is 35.5 Å². The Labute approximate surface area is 140 Å². The summed E-state index contributed by atoms with van der Waals surface area (Å²) in [5, 5.41) is 1.31. The zero-order valence-corrected chi connectivity index (χ0v) is 13.8. The zero-order chi connectivity index (χ0) is 15.2. The maximum absolute atomic E-state index is 4.91. The molecule has 0 aliphatic carbocycles. The highest BCUT2D eigenvalue weighted by atomic mass is 32.2. The van der Waals surface area contributed by atoms with Crippen LogP contribution in [-0.4, -0.2) is 11.5 Å². The Morgan fingerprint density at radius 3 is 2.70 bits per heavy atom. The fourth-order valence-corrected chi connectivity index (χ4v) is 4.89. The summed E-state index contributed by atoms with van der Waals surface area (Å²) in [5.41, 5.74) is 8.32. The number of hydrogen-bond acceptors (Lipinski definition) is 3. The van der Waals surface area contributed by atoms with Gasteiger partial charge in [0.2, 0.25) is 0 Å². The van der Waals surface area contributed by atoms with Gasteiger partial charge in [-0.05, 0) is 23.6 Å². The summed E-state index contributed by atoms with van der Waals surface area (Å²) in [6.45, 7) is 2.11. The number of nitrogens with zero attached hydrogens (tertiary/aromatic N) is 2. The van der Waals surface area contributed by atoms with Crippen LogP contribution in [0.5, 0.6) is 0 Å². The van der Waals surface area contributed by atoms with E-state index in [2.05, 4.69) is 53.4 Å². The van der Waals surface area contributed by atoms with Gasteiger partial charge in [-0.2, -0.15) is 11.8 Å². The third kappa shape index (κ3) is 2.14. The molecule has 0 saturated carbocycles. The number of pyridine rings is 1. The number of thioether (sulfide) groups is 1. The first-order valence-corrected chi connectivity index (χ1v) is 9.35. The lowest BCUT2D eigenvalue weighted by Gasteiger charge is -2.33. The van der Waals surface area contributed by atoms with Crippen LogP contribution < -0.4 is 4.90 Å². The molecule has 23 heavy (non-hydrogen) atoms. The molecule has 0 radical (unpaired) electrons. The maximum Gasteiger partial charge on any atom is 0.0726 e. The molecule has 0 N–H and O–H groups in total. The number of aromatic nitrogens is 1. The Morgan fingerprint density at radius 1 is 0.913 bits per heavy atom. The van der Waals surface area contributed by atoms with Gasteiger partial charge in [-0.25, -0.2) is 0 Å². The second kappa shape index (κ2) is 5.27. The van der Waals surface area contributed by atoms with Crippen molar-refractivity contribution in [3.05, 3.63) is 70.9 Å². The van der Waals surface area contributed by atoms with Crippen LogP contribution in [0.15, 0.2) is 48.5 Å². The summed E-state index contributed by atoms with van der Waals surface area (Å²) in [7, 11) is 0. The average Bonchev–Trinajstić information content (AvgIpc) is 3.07. The molecule has 2 aliphatic heterocycles. The first kappa shape index (κ1) is 13.4. The van der Waals surface area contributed by atoms with Gasteiger partial charge >= 0.3 is 0 Å². The van der Waals surface area contributed by atoms with Gasteiger partial charge in [0.05, 0.1) is 16.9 Å². The molecule has 3 heteroatoms. The van der Waals surface area contributed by atoms with Crippen molar-refractivity contribution in [2.45, 2.75) is 24.5 Å². The van der Waals surface area contributed by atoms with E-state index in [9.17, 15) is 0 Å². The van der Waals surface area contributed by atoms with Crippen LogP contribution in [-0.2, 0) is 24.5 Å². The SMILES string of the molecule is c1ccc2c(c1)CCN(c1c3c(nc4ccccc14)CSC3)C2. The van der Waals surface area contributed by atoms with Crippen molar-refractivity contribution in [2.75, 3.05) is 11.4 Å². The largest absolute Gasteiger partial charge is 0.366 e. The molecule has 0 atom stereocenters. The van der Waals surface area contributed by atoms with Gasteiger partial charge < -0.3 is 4.90 Å². The van der Waals surface area contributed by atoms with Crippen LogP contribution in [0.3, 0.4) is 0 Å². The lowest BCUT2D eigenvalue weighted by atomic mass is 9.97. The number of fused-ring (bicyclic) bond motifs is 3. The Kier molecular flexibility index (Phi) is 3.08. The number of benzene rings is 2. The minimum absolute atomic E-state index is 1.02. The molecular weight excluding hydrogens is 300 g/mol. The van der Waals surface area contributed by atoms with E-state index in [4.69, 9.17) is 4.98 Å². The van der Waals surface area contributed by atoms with Crippen molar-refractivity contribution in [3.63, 3.8) is 0 Å². The Morgan fingerprint density at radius 2 is 1.74 bits per heavy atom. The van der Waals surface area contributed by atoms with E-state index in [1.54, 1.807) is 0 Å². The molecule has 114 valence electrons. The summed E-state index contributed by atoms with van der Waals surface area (Å²) in [4.78, 5) is 7.49. The van der Waals surface area contributed by atoms with Crippen molar-refractivity contribution in [2.24, 2.45) is 0 Å². The van der Waals surface area contributed by atoms with Crippen LogP contribution in [0.4, 0.5) is 5.69 Å². The standard InChI is InChI=1S/C20H18N2S/c1-2-6-15-11-22(10-9-14(15)5-1)20-16-7-3-4-8-18(16)21-19-13-23-12-17(19)20/h1-8H,9-13H2. The third-order valence-corrected chi connectivity index (χ3v) is 5.95. The molecule has 5 rings (SSSR count). The van der Waals surface area contributed by atoms with Crippen molar-refractivity contribution >= 4 is 28.4 Å². The fourth-order valence-electron chi connectivity index (χ4n) is 3.85. The molecule has 1 aromatic heterocycles. The van der Waals surface area contributed by atoms with E-state index < -0.39 is 0 Å². The maximum atomic E-state index is 4.91. The minimum Gasteiger partial charge on any atom is -0.366 e. The van der Waals surface area contributed by atoms with Gasteiger partial charge in [-0.1, -0.05) is 42.5 Å². The van der Waals surface area contributed by atoms with Gasteiger partial charge in [0.15, 0.2) is 0 Å². The summed E-state index contributed by atoms with van der Waals surface area (Å²) < 4.78 is 0. The topological polar surface area (TPSA) is 16.1 Å². The number of hydrogen-bond donors (Lipinski definition) is 0. The molecule has 0 saturated heterocycles. The van der Waals surface area contributed by atoms with E-state index in [-0.39, 0.29) is 0 Å². The van der Waals surface area contributed by atoms with Crippen molar-refractivity contribution in [1.29, 1.82) is 0 Å². The molecular formula is C20H18N2S. The fraction of sp³-hybridized carbons (Fsp3) is 0.250. The molecule has 2 aliphatic rings. The number of rotatable bonds is 1. The molecule has 2 nitrogen and oxygen atoms in total. The van der Waals surface area contributed by atoms with E-state index in [0.717, 1.165) is 36.5 Å². The summed E-state index contributed by atoms with van der Waals surface area (Å²) in [6.07, 6.45) is 1.13. The molecule has 0 bridgehead atoms. The Balaban J connectivity index is 1.69. The molecule has 0 unspecified atom stereocenters. The summed E-state index contributed by atoms with van der Waals surface area (Å²) >= 11 is 1.99. The Bertz CT molecular complexity index is 903. The quantitative estimate of drug-likeness (QED) is 0.655. The Hall–Kier alpha value is -2.00. The van der Waals surface area contributed by atoms with Crippen LogP contribution in [0.2, 0.25) is 0 Å². The van der Waals surface area contributed by atoms with E-state index in [0.29, 0.717) is 0 Å². The zero-order valence-electron chi connectivity index (χ0n) is 13.0. The second-order valence-electron chi connectivity index (χ2n) is 6.34. The molecule has 2 aromatic carbocycles. The smallest absolute Gasteiger partial charge is 0.0726 e.